The Balaban J connectivity index is 1.97. The molecular formula is C22H29NO2S. The van der Waals surface area contributed by atoms with Crippen molar-refractivity contribution in [2.75, 3.05) is 12.4 Å². The minimum absolute atomic E-state index is 0.358. The van der Waals surface area contributed by atoms with Crippen LogP contribution in [0.25, 0.3) is 5.57 Å². The molecule has 2 fully saturated rings. The van der Waals surface area contributed by atoms with E-state index in [0.717, 1.165) is 48.5 Å². The van der Waals surface area contributed by atoms with Crippen molar-refractivity contribution in [3.63, 3.8) is 0 Å². The standard InChI is InChI=1S/C22H29NO2S/c1-4-26-20-9-10-22(25-14-17-5-6-17)21(12-20)18(11-16(2)3)13-23(15-24)19-7-8-19/h9-13,15,17,19H,4-8,14H2,1-3H3/b18-13+. The van der Waals surface area contributed by atoms with E-state index in [-0.39, 0.29) is 0 Å². The van der Waals surface area contributed by atoms with Crippen LogP contribution in [-0.4, -0.2) is 29.7 Å². The molecule has 0 heterocycles. The lowest BCUT2D eigenvalue weighted by atomic mass is 10.0. The van der Waals surface area contributed by atoms with Gasteiger partial charge in [-0.1, -0.05) is 18.6 Å². The summed E-state index contributed by atoms with van der Waals surface area (Å²) in [6, 6.07) is 6.79. The highest BCUT2D eigenvalue weighted by Crippen LogP contribution is 2.36. The van der Waals surface area contributed by atoms with E-state index >= 15 is 0 Å². The topological polar surface area (TPSA) is 29.5 Å². The molecule has 2 aliphatic rings. The van der Waals surface area contributed by atoms with E-state index in [1.807, 2.05) is 22.9 Å². The van der Waals surface area contributed by atoms with E-state index in [0.29, 0.717) is 12.0 Å². The molecule has 0 saturated heterocycles. The number of thioether (sulfide) groups is 1. The van der Waals surface area contributed by atoms with Crippen LogP contribution in [0, 0.1) is 5.92 Å². The summed E-state index contributed by atoms with van der Waals surface area (Å²) >= 11 is 1.83. The molecule has 3 rings (SSSR count). The Labute approximate surface area is 161 Å². The van der Waals surface area contributed by atoms with Gasteiger partial charge in [0.2, 0.25) is 6.41 Å². The fourth-order valence-corrected chi connectivity index (χ4v) is 3.56. The van der Waals surface area contributed by atoms with Gasteiger partial charge in [-0.3, -0.25) is 4.79 Å². The van der Waals surface area contributed by atoms with E-state index < -0.39 is 0 Å². The molecule has 0 bridgehead atoms. The minimum atomic E-state index is 0.358. The van der Waals surface area contributed by atoms with Crippen molar-refractivity contribution < 1.29 is 9.53 Å². The molecule has 0 aliphatic heterocycles. The largest absolute Gasteiger partial charge is 0.493 e. The molecule has 3 nitrogen and oxygen atoms in total. The van der Waals surface area contributed by atoms with Gasteiger partial charge in [0.05, 0.1) is 6.61 Å². The first-order valence-corrected chi connectivity index (χ1v) is 10.6. The van der Waals surface area contributed by atoms with Gasteiger partial charge < -0.3 is 9.64 Å². The summed E-state index contributed by atoms with van der Waals surface area (Å²) < 4.78 is 6.16. The summed E-state index contributed by atoms with van der Waals surface area (Å²) in [5.74, 6) is 2.66. The number of allylic oxidation sites excluding steroid dienone is 3. The second-order valence-electron chi connectivity index (χ2n) is 7.44. The zero-order valence-electron chi connectivity index (χ0n) is 16.0. The summed E-state index contributed by atoms with van der Waals surface area (Å²) in [5.41, 5.74) is 3.34. The van der Waals surface area contributed by atoms with Crippen molar-refractivity contribution in [1.82, 2.24) is 4.90 Å². The number of hydrogen-bond acceptors (Lipinski definition) is 3. The van der Waals surface area contributed by atoms with Gasteiger partial charge in [-0.25, -0.2) is 0 Å². The smallest absolute Gasteiger partial charge is 0.213 e. The highest BCUT2D eigenvalue weighted by atomic mass is 32.2. The first-order chi connectivity index (χ1) is 12.6. The van der Waals surface area contributed by atoms with Crippen LogP contribution in [0.5, 0.6) is 5.75 Å². The summed E-state index contributed by atoms with van der Waals surface area (Å²) in [6.07, 6.45) is 9.83. The number of carbonyl (C=O) groups excluding carboxylic acids is 1. The Morgan fingerprint density at radius 3 is 2.62 bits per heavy atom. The summed E-state index contributed by atoms with van der Waals surface area (Å²) in [4.78, 5) is 14.6. The molecule has 1 amide bonds. The molecule has 0 aromatic heterocycles. The number of rotatable bonds is 10. The first-order valence-electron chi connectivity index (χ1n) is 9.60. The molecule has 1 aromatic carbocycles. The third kappa shape index (κ3) is 5.41. The van der Waals surface area contributed by atoms with Crippen molar-refractivity contribution in [2.24, 2.45) is 5.92 Å². The number of ether oxygens (including phenoxy) is 1. The maximum atomic E-state index is 11.5. The Morgan fingerprint density at radius 2 is 2.04 bits per heavy atom. The monoisotopic (exact) mass is 371 g/mol. The Bertz CT molecular complexity index is 698. The number of hydrogen-bond donors (Lipinski definition) is 0. The average molecular weight is 372 g/mol. The number of amides is 1. The number of benzene rings is 1. The van der Waals surface area contributed by atoms with Crippen LogP contribution in [0.2, 0.25) is 0 Å². The Kier molecular flexibility index (Phi) is 6.47. The highest BCUT2D eigenvalue weighted by Gasteiger charge is 2.27. The average Bonchev–Trinajstić information content (AvgIpc) is 3.51. The van der Waals surface area contributed by atoms with Crippen molar-refractivity contribution in [3.05, 3.63) is 41.6 Å². The van der Waals surface area contributed by atoms with Crippen molar-refractivity contribution in [2.45, 2.75) is 57.4 Å². The third-order valence-corrected chi connectivity index (χ3v) is 5.44. The lowest BCUT2D eigenvalue weighted by Crippen LogP contribution is -2.17. The predicted molar refractivity (Wildman–Crippen MR) is 109 cm³/mol. The van der Waals surface area contributed by atoms with Gasteiger partial charge in [0, 0.05) is 28.3 Å². The van der Waals surface area contributed by atoms with Gasteiger partial charge in [-0.05, 0) is 69.4 Å². The zero-order valence-corrected chi connectivity index (χ0v) is 16.8. The molecular weight excluding hydrogens is 342 g/mol. The molecule has 4 heteroatoms. The molecule has 2 saturated carbocycles. The molecule has 140 valence electrons. The van der Waals surface area contributed by atoms with E-state index in [1.54, 1.807) is 0 Å². The maximum absolute atomic E-state index is 11.5. The SMILES string of the molecule is CCSc1ccc(OCC2CC2)c(/C(C=C(C)C)=C/N(C=O)C2CC2)c1. The van der Waals surface area contributed by atoms with E-state index in [4.69, 9.17) is 4.74 Å². The van der Waals surface area contributed by atoms with Gasteiger partial charge >= 0.3 is 0 Å². The Hall–Kier alpha value is -1.68. The van der Waals surface area contributed by atoms with Crippen LogP contribution in [0.4, 0.5) is 0 Å². The second-order valence-corrected chi connectivity index (χ2v) is 8.77. The summed E-state index contributed by atoms with van der Waals surface area (Å²) in [6.45, 7) is 7.13. The van der Waals surface area contributed by atoms with Crippen LogP contribution in [-0.2, 0) is 4.79 Å². The fourth-order valence-electron chi connectivity index (χ4n) is 2.86. The normalized spacial score (nSPS) is 17.0. The molecule has 0 unspecified atom stereocenters. The molecule has 2 aliphatic carbocycles. The van der Waals surface area contributed by atoms with Crippen molar-refractivity contribution >= 4 is 23.7 Å². The van der Waals surface area contributed by atoms with Crippen LogP contribution in [0.1, 0.15) is 52.0 Å². The van der Waals surface area contributed by atoms with Crippen LogP contribution in [0.15, 0.2) is 40.9 Å². The summed E-state index contributed by atoms with van der Waals surface area (Å²) in [7, 11) is 0. The minimum Gasteiger partial charge on any atom is -0.493 e. The quantitative estimate of drug-likeness (QED) is 0.308. The molecule has 26 heavy (non-hydrogen) atoms. The number of carbonyl (C=O) groups is 1. The van der Waals surface area contributed by atoms with Gasteiger partial charge in [0.1, 0.15) is 5.75 Å². The van der Waals surface area contributed by atoms with Crippen LogP contribution < -0.4 is 4.74 Å². The van der Waals surface area contributed by atoms with Gasteiger partial charge in [0.25, 0.3) is 0 Å². The number of nitrogens with zero attached hydrogens (tertiary/aromatic N) is 1. The second kappa shape index (κ2) is 8.81. The van der Waals surface area contributed by atoms with Crippen molar-refractivity contribution in [3.8, 4) is 5.75 Å². The molecule has 0 spiro atoms. The molecule has 0 radical (unpaired) electrons. The van der Waals surface area contributed by atoms with E-state index in [2.05, 4.69) is 45.0 Å². The third-order valence-electron chi connectivity index (χ3n) is 4.57. The lowest BCUT2D eigenvalue weighted by Gasteiger charge is -2.17. The zero-order chi connectivity index (χ0) is 18.5. The van der Waals surface area contributed by atoms with Gasteiger partial charge in [0.15, 0.2) is 0 Å². The first kappa shape index (κ1) is 19.1. The lowest BCUT2D eigenvalue weighted by molar-refractivity contribution is -0.116. The maximum Gasteiger partial charge on any atom is 0.213 e. The highest BCUT2D eigenvalue weighted by molar-refractivity contribution is 7.99. The van der Waals surface area contributed by atoms with Crippen LogP contribution >= 0.6 is 11.8 Å². The van der Waals surface area contributed by atoms with Crippen molar-refractivity contribution in [1.29, 1.82) is 0 Å². The molecule has 0 atom stereocenters. The van der Waals surface area contributed by atoms with Gasteiger partial charge in [-0.15, -0.1) is 11.8 Å². The van der Waals surface area contributed by atoms with Crippen LogP contribution in [0.3, 0.4) is 0 Å². The summed E-state index contributed by atoms with van der Waals surface area (Å²) in [5, 5.41) is 0. The Morgan fingerprint density at radius 1 is 1.27 bits per heavy atom. The van der Waals surface area contributed by atoms with E-state index in [9.17, 15) is 4.79 Å². The van der Waals surface area contributed by atoms with Gasteiger partial charge in [-0.2, -0.15) is 0 Å². The molecule has 0 N–H and O–H groups in total. The fraction of sp³-hybridized carbons (Fsp3) is 0.500. The van der Waals surface area contributed by atoms with E-state index in [1.165, 1.54) is 23.3 Å². The predicted octanol–water partition coefficient (Wildman–Crippen LogP) is 5.52. The molecule has 1 aromatic rings.